The number of carbonyl (C=O) groups is 2. The summed E-state index contributed by atoms with van der Waals surface area (Å²) >= 11 is 11.7. The van der Waals surface area contributed by atoms with Crippen molar-refractivity contribution in [1.29, 1.82) is 0 Å². The summed E-state index contributed by atoms with van der Waals surface area (Å²) in [5.74, 6) is -2.26. The highest BCUT2D eigenvalue weighted by molar-refractivity contribution is 6.31. The maximum atomic E-state index is 13.6. The fourth-order valence-electron chi connectivity index (χ4n) is 1.90. The monoisotopic (exact) mass is 369 g/mol. The summed E-state index contributed by atoms with van der Waals surface area (Å²) in [6.07, 6.45) is -1.10. The summed E-state index contributed by atoms with van der Waals surface area (Å²) < 4.78 is 18.6. The number of nitrogens with one attached hydrogen (secondary N) is 1. The lowest BCUT2D eigenvalue weighted by Crippen LogP contribution is -2.35. The number of hydrogen-bond donors (Lipinski definition) is 1. The topological polar surface area (TPSA) is 55.4 Å². The SMILES string of the molecule is C[C@H](OC(=O)c1cc(Cl)ccc1F)C(=O)NCc1ccccc1Cl. The van der Waals surface area contributed by atoms with Crippen molar-refractivity contribution in [3.05, 3.63) is 69.5 Å². The Labute approximate surface area is 148 Å². The van der Waals surface area contributed by atoms with Gasteiger partial charge in [-0.15, -0.1) is 0 Å². The molecule has 0 spiro atoms. The molecule has 1 N–H and O–H groups in total. The number of carbonyl (C=O) groups excluding carboxylic acids is 2. The van der Waals surface area contributed by atoms with Crippen LogP contribution >= 0.6 is 23.2 Å². The predicted octanol–water partition coefficient (Wildman–Crippen LogP) is 3.99. The van der Waals surface area contributed by atoms with Gasteiger partial charge in [-0.05, 0) is 36.8 Å². The number of amides is 1. The first-order valence-corrected chi connectivity index (χ1v) is 7.81. The highest BCUT2D eigenvalue weighted by Crippen LogP contribution is 2.17. The fraction of sp³-hybridized carbons (Fsp3) is 0.176. The Morgan fingerprint density at radius 3 is 2.62 bits per heavy atom. The van der Waals surface area contributed by atoms with Crippen LogP contribution in [0.25, 0.3) is 0 Å². The molecule has 0 aliphatic rings. The summed E-state index contributed by atoms with van der Waals surface area (Å²) in [5, 5.41) is 3.31. The number of rotatable bonds is 5. The Balaban J connectivity index is 1.95. The molecule has 0 fully saturated rings. The third-order valence-electron chi connectivity index (χ3n) is 3.21. The Morgan fingerprint density at radius 1 is 1.21 bits per heavy atom. The lowest BCUT2D eigenvalue weighted by Gasteiger charge is -2.14. The highest BCUT2D eigenvalue weighted by Gasteiger charge is 2.21. The first-order valence-electron chi connectivity index (χ1n) is 7.05. The highest BCUT2D eigenvalue weighted by atomic mass is 35.5. The van der Waals surface area contributed by atoms with E-state index in [-0.39, 0.29) is 17.1 Å². The van der Waals surface area contributed by atoms with Crippen LogP contribution in [0.4, 0.5) is 4.39 Å². The molecule has 0 unspecified atom stereocenters. The molecule has 0 aromatic heterocycles. The average molecular weight is 370 g/mol. The lowest BCUT2D eigenvalue weighted by molar-refractivity contribution is -0.129. The maximum absolute atomic E-state index is 13.6. The smallest absolute Gasteiger partial charge is 0.341 e. The molecule has 0 bridgehead atoms. The van der Waals surface area contributed by atoms with Crippen LogP contribution in [0.2, 0.25) is 10.0 Å². The second-order valence-electron chi connectivity index (χ2n) is 4.98. The van der Waals surface area contributed by atoms with E-state index in [4.69, 9.17) is 27.9 Å². The minimum atomic E-state index is -1.10. The summed E-state index contributed by atoms with van der Waals surface area (Å²) in [6, 6.07) is 10.5. The molecule has 0 saturated carbocycles. The molecule has 2 aromatic rings. The predicted molar refractivity (Wildman–Crippen MR) is 89.6 cm³/mol. The van der Waals surface area contributed by atoms with Crippen LogP contribution in [0.15, 0.2) is 42.5 Å². The van der Waals surface area contributed by atoms with Gasteiger partial charge in [0.05, 0.1) is 5.56 Å². The Kier molecular flexibility index (Phi) is 6.17. The third kappa shape index (κ3) is 4.69. The second-order valence-corrected chi connectivity index (χ2v) is 5.82. The van der Waals surface area contributed by atoms with Crippen LogP contribution in [-0.2, 0) is 16.1 Å². The molecule has 0 heterocycles. The van der Waals surface area contributed by atoms with Crippen molar-refractivity contribution < 1.29 is 18.7 Å². The Hall–Kier alpha value is -2.11. The Bertz CT molecular complexity index is 767. The van der Waals surface area contributed by atoms with Gasteiger partial charge in [0.1, 0.15) is 5.82 Å². The summed E-state index contributed by atoms with van der Waals surface area (Å²) in [6.45, 7) is 1.58. The van der Waals surface area contributed by atoms with E-state index in [2.05, 4.69) is 5.32 Å². The quantitative estimate of drug-likeness (QED) is 0.810. The largest absolute Gasteiger partial charge is 0.449 e. The van der Waals surface area contributed by atoms with Gasteiger partial charge in [0, 0.05) is 16.6 Å². The molecule has 0 aliphatic heterocycles. The van der Waals surface area contributed by atoms with E-state index in [1.165, 1.54) is 13.0 Å². The average Bonchev–Trinajstić information content (AvgIpc) is 2.55. The van der Waals surface area contributed by atoms with Crippen LogP contribution in [-0.4, -0.2) is 18.0 Å². The molecule has 126 valence electrons. The zero-order valence-corrected chi connectivity index (χ0v) is 14.2. The fourth-order valence-corrected chi connectivity index (χ4v) is 2.27. The van der Waals surface area contributed by atoms with E-state index in [0.29, 0.717) is 5.02 Å². The van der Waals surface area contributed by atoms with Crippen molar-refractivity contribution in [2.45, 2.75) is 19.6 Å². The first kappa shape index (κ1) is 18.2. The van der Waals surface area contributed by atoms with Gasteiger partial charge >= 0.3 is 5.97 Å². The van der Waals surface area contributed by atoms with Crippen molar-refractivity contribution in [3.8, 4) is 0 Å². The van der Waals surface area contributed by atoms with Gasteiger partial charge in [0.2, 0.25) is 0 Å². The molecule has 0 radical (unpaired) electrons. The van der Waals surface area contributed by atoms with Gasteiger partial charge in [-0.2, -0.15) is 0 Å². The van der Waals surface area contributed by atoms with Gasteiger partial charge in [0.25, 0.3) is 5.91 Å². The van der Waals surface area contributed by atoms with Crippen molar-refractivity contribution in [2.24, 2.45) is 0 Å². The van der Waals surface area contributed by atoms with Crippen LogP contribution in [0.3, 0.4) is 0 Å². The normalized spacial score (nSPS) is 11.7. The maximum Gasteiger partial charge on any atom is 0.341 e. The zero-order valence-electron chi connectivity index (χ0n) is 12.7. The van der Waals surface area contributed by atoms with Gasteiger partial charge in [-0.25, -0.2) is 9.18 Å². The van der Waals surface area contributed by atoms with E-state index in [1.54, 1.807) is 24.3 Å². The van der Waals surface area contributed by atoms with Crippen molar-refractivity contribution in [2.75, 3.05) is 0 Å². The zero-order chi connectivity index (χ0) is 17.7. The number of esters is 1. The van der Waals surface area contributed by atoms with E-state index < -0.39 is 23.8 Å². The van der Waals surface area contributed by atoms with E-state index in [1.807, 2.05) is 0 Å². The number of ether oxygens (including phenoxy) is 1. The number of halogens is 3. The molecular formula is C17H14Cl2FNO3. The van der Waals surface area contributed by atoms with Gasteiger partial charge in [-0.1, -0.05) is 41.4 Å². The van der Waals surface area contributed by atoms with Crippen molar-refractivity contribution >= 4 is 35.1 Å². The van der Waals surface area contributed by atoms with Crippen molar-refractivity contribution in [3.63, 3.8) is 0 Å². The minimum Gasteiger partial charge on any atom is -0.449 e. The van der Waals surface area contributed by atoms with Gasteiger partial charge in [-0.3, -0.25) is 4.79 Å². The van der Waals surface area contributed by atoms with Crippen LogP contribution in [0.1, 0.15) is 22.8 Å². The van der Waals surface area contributed by atoms with Crippen molar-refractivity contribution in [1.82, 2.24) is 5.32 Å². The molecule has 1 amide bonds. The summed E-state index contributed by atoms with van der Waals surface area (Å²) in [5.41, 5.74) is 0.403. The van der Waals surface area contributed by atoms with Crippen LogP contribution in [0.5, 0.6) is 0 Å². The van der Waals surface area contributed by atoms with Crippen LogP contribution in [0, 0.1) is 5.82 Å². The number of benzene rings is 2. The van der Waals surface area contributed by atoms with Gasteiger partial charge < -0.3 is 10.1 Å². The molecule has 0 saturated heterocycles. The summed E-state index contributed by atoms with van der Waals surface area (Å²) in [7, 11) is 0. The van der Waals surface area contributed by atoms with E-state index >= 15 is 0 Å². The molecule has 24 heavy (non-hydrogen) atoms. The lowest BCUT2D eigenvalue weighted by atomic mass is 10.2. The molecular weight excluding hydrogens is 356 g/mol. The second kappa shape index (κ2) is 8.13. The summed E-state index contributed by atoms with van der Waals surface area (Å²) in [4.78, 5) is 23.9. The molecule has 7 heteroatoms. The first-order chi connectivity index (χ1) is 11.4. The third-order valence-corrected chi connectivity index (χ3v) is 3.82. The molecule has 4 nitrogen and oxygen atoms in total. The van der Waals surface area contributed by atoms with E-state index in [0.717, 1.165) is 17.7 Å². The molecule has 0 aliphatic carbocycles. The molecule has 2 aromatic carbocycles. The molecule has 1 atom stereocenters. The Morgan fingerprint density at radius 2 is 1.92 bits per heavy atom. The van der Waals surface area contributed by atoms with E-state index in [9.17, 15) is 14.0 Å². The number of hydrogen-bond acceptors (Lipinski definition) is 3. The van der Waals surface area contributed by atoms with Gasteiger partial charge in [0.15, 0.2) is 6.10 Å². The standard InChI is InChI=1S/C17H14Cl2FNO3/c1-10(16(22)21-9-11-4-2-3-5-14(11)19)24-17(23)13-8-12(18)6-7-15(13)20/h2-8,10H,9H2,1H3,(H,21,22)/t10-/m0/s1. The molecule has 2 rings (SSSR count). The minimum absolute atomic E-state index is 0.186. The van der Waals surface area contributed by atoms with Crippen LogP contribution < -0.4 is 5.32 Å².